The Morgan fingerprint density at radius 1 is 1.19 bits per heavy atom. The first-order valence-electron chi connectivity index (χ1n) is 6.72. The Bertz CT molecular complexity index is 670. The van der Waals surface area contributed by atoms with E-state index in [2.05, 4.69) is 11.8 Å². The summed E-state index contributed by atoms with van der Waals surface area (Å²) in [6, 6.07) is 12.7. The highest BCUT2D eigenvalue weighted by molar-refractivity contribution is 6.18. The van der Waals surface area contributed by atoms with Crippen LogP contribution < -0.4 is 4.74 Å². The van der Waals surface area contributed by atoms with Gasteiger partial charge in [-0.25, -0.2) is 4.39 Å². The van der Waals surface area contributed by atoms with Crippen LogP contribution in [0.25, 0.3) is 0 Å². The Kier molecular flexibility index (Phi) is 5.66. The van der Waals surface area contributed by atoms with Crippen LogP contribution in [0.3, 0.4) is 0 Å². The summed E-state index contributed by atoms with van der Waals surface area (Å²) in [7, 11) is 0. The zero-order valence-electron chi connectivity index (χ0n) is 11.8. The maximum atomic E-state index is 13.9. The minimum Gasteiger partial charge on any atom is -0.489 e. The van der Waals surface area contributed by atoms with E-state index in [4.69, 9.17) is 16.3 Å². The van der Waals surface area contributed by atoms with Crippen molar-refractivity contribution in [2.45, 2.75) is 20.0 Å². The molecule has 2 rings (SSSR count). The fraction of sp³-hybridized carbons (Fsp3) is 0.222. The summed E-state index contributed by atoms with van der Waals surface area (Å²) >= 11 is 5.53. The normalized spacial score (nSPS) is 9.86. The molecule has 0 aliphatic carbocycles. The Morgan fingerprint density at radius 3 is 2.76 bits per heavy atom. The van der Waals surface area contributed by atoms with Crippen molar-refractivity contribution in [3.05, 3.63) is 65.0 Å². The number of hydrogen-bond acceptors (Lipinski definition) is 1. The van der Waals surface area contributed by atoms with Gasteiger partial charge >= 0.3 is 0 Å². The molecule has 0 unspecified atom stereocenters. The standard InChI is InChI=1S/C18H16ClFO/c1-14-5-4-6-15(11-14)13-21-17-9-8-16(18(20)12-17)7-2-3-10-19/h4-6,8-9,11-12H,3,10,13H2,1H3. The average molecular weight is 303 g/mol. The van der Waals surface area contributed by atoms with Crippen molar-refractivity contribution in [3.8, 4) is 17.6 Å². The molecule has 0 amide bonds. The highest BCUT2D eigenvalue weighted by Crippen LogP contribution is 2.17. The lowest BCUT2D eigenvalue weighted by Gasteiger charge is -2.07. The van der Waals surface area contributed by atoms with Gasteiger partial charge in [0.1, 0.15) is 18.2 Å². The van der Waals surface area contributed by atoms with Gasteiger partial charge in [0.2, 0.25) is 0 Å². The van der Waals surface area contributed by atoms with Crippen LogP contribution in [0.4, 0.5) is 4.39 Å². The number of aryl methyl sites for hydroxylation is 1. The van der Waals surface area contributed by atoms with E-state index in [0.717, 1.165) is 5.56 Å². The predicted molar refractivity (Wildman–Crippen MR) is 84.1 cm³/mol. The van der Waals surface area contributed by atoms with Crippen LogP contribution in [0, 0.1) is 24.6 Å². The molecule has 0 aliphatic heterocycles. The van der Waals surface area contributed by atoms with Crippen molar-refractivity contribution in [3.63, 3.8) is 0 Å². The molecule has 0 N–H and O–H groups in total. The monoisotopic (exact) mass is 302 g/mol. The molecule has 0 saturated heterocycles. The summed E-state index contributed by atoms with van der Waals surface area (Å²) in [4.78, 5) is 0. The largest absolute Gasteiger partial charge is 0.489 e. The molecule has 0 heterocycles. The molecule has 2 aromatic rings. The quantitative estimate of drug-likeness (QED) is 0.588. The SMILES string of the molecule is Cc1cccc(COc2ccc(C#CCCCl)c(F)c2)c1. The van der Waals surface area contributed by atoms with Crippen molar-refractivity contribution in [2.24, 2.45) is 0 Å². The van der Waals surface area contributed by atoms with Crippen molar-refractivity contribution in [1.82, 2.24) is 0 Å². The van der Waals surface area contributed by atoms with Gasteiger partial charge in [0.05, 0.1) is 5.56 Å². The van der Waals surface area contributed by atoms with Crippen molar-refractivity contribution in [1.29, 1.82) is 0 Å². The second-order valence-corrected chi connectivity index (χ2v) is 5.04. The molecule has 0 atom stereocenters. The first-order valence-corrected chi connectivity index (χ1v) is 7.25. The second kappa shape index (κ2) is 7.71. The highest BCUT2D eigenvalue weighted by atomic mass is 35.5. The van der Waals surface area contributed by atoms with Crippen LogP contribution >= 0.6 is 11.6 Å². The number of hydrogen-bond donors (Lipinski definition) is 0. The maximum absolute atomic E-state index is 13.9. The summed E-state index contributed by atoms with van der Waals surface area (Å²) in [5, 5.41) is 0. The summed E-state index contributed by atoms with van der Waals surface area (Å²) < 4.78 is 19.5. The number of alkyl halides is 1. The number of benzene rings is 2. The van der Waals surface area contributed by atoms with E-state index < -0.39 is 0 Å². The van der Waals surface area contributed by atoms with E-state index in [1.54, 1.807) is 12.1 Å². The summed E-state index contributed by atoms with van der Waals surface area (Å²) in [6.45, 7) is 2.44. The van der Waals surface area contributed by atoms with Crippen molar-refractivity contribution >= 4 is 11.6 Å². The molecule has 3 heteroatoms. The number of ether oxygens (including phenoxy) is 1. The predicted octanol–water partition coefficient (Wildman–Crippen LogP) is 4.69. The molecule has 0 bridgehead atoms. The summed E-state index contributed by atoms with van der Waals surface area (Å²) in [6.07, 6.45) is 0.548. The Morgan fingerprint density at radius 2 is 2.05 bits per heavy atom. The fourth-order valence-corrected chi connectivity index (χ4v) is 1.96. The Labute approximate surface area is 129 Å². The summed E-state index contributed by atoms with van der Waals surface area (Å²) in [5.41, 5.74) is 2.59. The van der Waals surface area contributed by atoms with Crippen LogP contribution in [0.1, 0.15) is 23.1 Å². The van der Waals surface area contributed by atoms with Crippen LogP contribution in [-0.2, 0) is 6.61 Å². The molecular weight excluding hydrogens is 287 g/mol. The first-order chi connectivity index (χ1) is 10.2. The third-order valence-electron chi connectivity index (χ3n) is 2.87. The summed E-state index contributed by atoms with van der Waals surface area (Å²) in [5.74, 6) is 6.14. The zero-order chi connectivity index (χ0) is 15.1. The van der Waals surface area contributed by atoms with Gasteiger partial charge in [-0.2, -0.15) is 0 Å². The topological polar surface area (TPSA) is 9.23 Å². The third kappa shape index (κ3) is 4.81. The molecule has 0 aromatic heterocycles. The van der Waals surface area contributed by atoms with E-state index in [1.165, 1.54) is 11.6 Å². The lowest BCUT2D eigenvalue weighted by molar-refractivity contribution is 0.304. The molecule has 1 nitrogen and oxygen atoms in total. The maximum Gasteiger partial charge on any atom is 0.142 e. The van der Waals surface area contributed by atoms with Gasteiger partial charge in [0.15, 0.2) is 0 Å². The average Bonchev–Trinajstić information content (AvgIpc) is 2.47. The first kappa shape index (κ1) is 15.4. The Hall–Kier alpha value is -1.98. The molecule has 0 fully saturated rings. The van der Waals surface area contributed by atoms with Crippen LogP contribution in [0.2, 0.25) is 0 Å². The van der Waals surface area contributed by atoms with E-state index >= 15 is 0 Å². The van der Waals surface area contributed by atoms with Crippen LogP contribution in [0.5, 0.6) is 5.75 Å². The van der Waals surface area contributed by atoms with Gasteiger partial charge in [-0.05, 0) is 24.6 Å². The molecule has 2 aromatic carbocycles. The smallest absolute Gasteiger partial charge is 0.142 e. The minimum atomic E-state index is -0.376. The van der Waals surface area contributed by atoms with E-state index in [9.17, 15) is 4.39 Å². The molecule has 0 aliphatic rings. The molecule has 108 valence electrons. The van der Waals surface area contributed by atoms with Gasteiger partial charge in [0.25, 0.3) is 0 Å². The second-order valence-electron chi connectivity index (χ2n) is 4.66. The lowest BCUT2D eigenvalue weighted by Crippen LogP contribution is -1.96. The van der Waals surface area contributed by atoms with Gasteiger partial charge in [-0.15, -0.1) is 11.6 Å². The number of halogens is 2. The van der Waals surface area contributed by atoms with Gasteiger partial charge in [0, 0.05) is 18.4 Å². The van der Waals surface area contributed by atoms with E-state index in [1.807, 2.05) is 31.2 Å². The molecule has 0 radical (unpaired) electrons. The molecule has 21 heavy (non-hydrogen) atoms. The van der Waals surface area contributed by atoms with Crippen LogP contribution in [0.15, 0.2) is 42.5 Å². The van der Waals surface area contributed by atoms with E-state index in [-0.39, 0.29) is 5.82 Å². The van der Waals surface area contributed by atoms with E-state index in [0.29, 0.717) is 30.2 Å². The Balaban J connectivity index is 2.02. The minimum absolute atomic E-state index is 0.364. The van der Waals surface area contributed by atoms with Gasteiger partial charge in [-0.1, -0.05) is 41.7 Å². The van der Waals surface area contributed by atoms with Crippen LogP contribution in [-0.4, -0.2) is 5.88 Å². The fourth-order valence-electron chi connectivity index (χ4n) is 1.86. The van der Waals surface area contributed by atoms with Gasteiger partial charge in [-0.3, -0.25) is 0 Å². The van der Waals surface area contributed by atoms with Gasteiger partial charge < -0.3 is 4.74 Å². The number of rotatable bonds is 4. The molecular formula is C18H16ClFO. The van der Waals surface area contributed by atoms with Crippen molar-refractivity contribution < 1.29 is 9.13 Å². The highest BCUT2D eigenvalue weighted by Gasteiger charge is 2.03. The third-order valence-corrected chi connectivity index (χ3v) is 3.06. The van der Waals surface area contributed by atoms with Crippen molar-refractivity contribution in [2.75, 3.05) is 5.88 Å². The zero-order valence-corrected chi connectivity index (χ0v) is 12.6. The lowest BCUT2D eigenvalue weighted by atomic mass is 10.1. The molecule has 0 saturated carbocycles. The molecule has 0 spiro atoms.